The van der Waals surface area contributed by atoms with Crippen LogP contribution >= 0.6 is 0 Å². The van der Waals surface area contributed by atoms with Gasteiger partial charge in [-0.25, -0.2) is 0 Å². The van der Waals surface area contributed by atoms with Gasteiger partial charge in [-0.15, -0.1) is 0 Å². The van der Waals surface area contributed by atoms with Gasteiger partial charge in [-0.05, 0) is 36.6 Å². The monoisotopic (exact) mass is 307 g/mol. The zero-order valence-electron chi connectivity index (χ0n) is 13.6. The van der Waals surface area contributed by atoms with Gasteiger partial charge in [-0.3, -0.25) is 4.79 Å². The number of amides is 1. The van der Waals surface area contributed by atoms with E-state index in [2.05, 4.69) is 43.4 Å². The molecule has 0 aliphatic carbocycles. The number of carbonyl (C=O) groups excluding carboxylic acids is 1. The molecule has 118 valence electrons. The summed E-state index contributed by atoms with van der Waals surface area (Å²) in [6.45, 7) is 4.72. The van der Waals surface area contributed by atoms with Gasteiger partial charge in [0.2, 0.25) is 5.91 Å². The zero-order valence-corrected chi connectivity index (χ0v) is 13.6. The minimum atomic E-state index is 0.00942. The lowest BCUT2D eigenvalue weighted by molar-refractivity contribution is -0.120. The third kappa shape index (κ3) is 3.62. The predicted molar refractivity (Wildman–Crippen MR) is 92.3 cm³/mol. The molecule has 0 radical (unpaired) electrons. The summed E-state index contributed by atoms with van der Waals surface area (Å²) in [7, 11) is 0. The molecule has 0 fully saturated rings. The summed E-state index contributed by atoms with van der Waals surface area (Å²) in [5.74, 6) is 0.00942. The maximum atomic E-state index is 12.2. The topological polar surface area (TPSA) is 42.2 Å². The van der Waals surface area contributed by atoms with Crippen molar-refractivity contribution in [2.75, 3.05) is 0 Å². The third-order valence-electron chi connectivity index (χ3n) is 4.09. The van der Waals surface area contributed by atoms with Crippen molar-refractivity contribution in [3.05, 3.63) is 71.0 Å². The van der Waals surface area contributed by atoms with Crippen molar-refractivity contribution in [2.24, 2.45) is 0 Å². The number of hydrogen-bond acceptors (Lipinski definition) is 2. The van der Waals surface area contributed by atoms with E-state index in [0.29, 0.717) is 13.0 Å². The molecule has 0 aliphatic heterocycles. The van der Waals surface area contributed by atoms with Crippen LogP contribution in [-0.2, 0) is 24.2 Å². The van der Waals surface area contributed by atoms with Crippen LogP contribution < -0.4 is 5.32 Å². The molecule has 3 rings (SSSR count). The molecule has 1 amide bonds. The molecule has 0 saturated carbocycles. The number of rotatable bonds is 5. The Morgan fingerprint density at radius 1 is 1.09 bits per heavy atom. The van der Waals surface area contributed by atoms with Gasteiger partial charge >= 0.3 is 0 Å². The lowest BCUT2D eigenvalue weighted by Gasteiger charge is -2.05. The summed E-state index contributed by atoms with van der Waals surface area (Å²) in [5.41, 5.74) is 5.35. The van der Waals surface area contributed by atoms with Crippen molar-refractivity contribution >= 4 is 16.9 Å². The number of fused-ring (bicyclic) bond motifs is 1. The molecule has 2 aromatic carbocycles. The van der Waals surface area contributed by atoms with Gasteiger partial charge in [-0.1, -0.05) is 42.8 Å². The first kappa shape index (κ1) is 15.3. The highest BCUT2D eigenvalue weighted by Gasteiger charge is 2.10. The van der Waals surface area contributed by atoms with E-state index in [0.717, 1.165) is 28.5 Å². The van der Waals surface area contributed by atoms with Crippen LogP contribution in [0.5, 0.6) is 0 Å². The normalized spacial score (nSPS) is 10.9. The van der Waals surface area contributed by atoms with E-state index in [1.54, 1.807) is 6.26 Å². The van der Waals surface area contributed by atoms with Crippen molar-refractivity contribution in [2.45, 2.75) is 33.2 Å². The average molecular weight is 307 g/mol. The van der Waals surface area contributed by atoms with Crippen LogP contribution in [0.2, 0.25) is 0 Å². The van der Waals surface area contributed by atoms with Crippen molar-refractivity contribution in [1.29, 1.82) is 0 Å². The summed E-state index contributed by atoms with van der Waals surface area (Å²) in [6, 6.07) is 14.3. The van der Waals surface area contributed by atoms with Gasteiger partial charge in [0.15, 0.2) is 0 Å². The van der Waals surface area contributed by atoms with Gasteiger partial charge in [0, 0.05) is 17.5 Å². The largest absolute Gasteiger partial charge is 0.464 e. The minimum absolute atomic E-state index is 0.00942. The fourth-order valence-electron chi connectivity index (χ4n) is 2.63. The lowest BCUT2D eigenvalue weighted by atomic mass is 10.1. The number of benzene rings is 2. The first-order chi connectivity index (χ1) is 11.2. The molecule has 0 atom stereocenters. The highest BCUT2D eigenvalue weighted by molar-refractivity contribution is 5.88. The maximum Gasteiger partial charge on any atom is 0.224 e. The zero-order chi connectivity index (χ0) is 16.2. The molecule has 1 heterocycles. The Kier molecular flexibility index (Phi) is 4.47. The Morgan fingerprint density at radius 2 is 1.83 bits per heavy atom. The number of furan rings is 1. The van der Waals surface area contributed by atoms with Crippen LogP contribution in [0.4, 0.5) is 0 Å². The second-order valence-corrected chi connectivity index (χ2v) is 5.88. The van der Waals surface area contributed by atoms with Gasteiger partial charge in [0.25, 0.3) is 0 Å². The first-order valence-corrected chi connectivity index (χ1v) is 7.97. The van der Waals surface area contributed by atoms with E-state index >= 15 is 0 Å². The molecule has 23 heavy (non-hydrogen) atoms. The van der Waals surface area contributed by atoms with Crippen molar-refractivity contribution in [1.82, 2.24) is 5.32 Å². The Balaban J connectivity index is 1.66. The number of hydrogen-bond donors (Lipinski definition) is 1. The Bertz CT molecular complexity index is 815. The quantitative estimate of drug-likeness (QED) is 0.769. The average Bonchev–Trinajstić information content (AvgIpc) is 2.96. The molecule has 3 aromatic rings. The molecular weight excluding hydrogens is 286 g/mol. The van der Waals surface area contributed by atoms with E-state index < -0.39 is 0 Å². The highest BCUT2D eigenvalue weighted by Crippen LogP contribution is 2.23. The summed E-state index contributed by atoms with van der Waals surface area (Å²) < 4.78 is 5.55. The molecule has 0 unspecified atom stereocenters. The van der Waals surface area contributed by atoms with Crippen LogP contribution in [0.25, 0.3) is 11.0 Å². The first-order valence-electron chi connectivity index (χ1n) is 7.97. The molecule has 0 saturated heterocycles. The van der Waals surface area contributed by atoms with Crippen molar-refractivity contribution in [3.8, 4) is 0 Å². The lowest BCUT2D eigenvalue weighted by Crippen LogP contribution is -2.24. The van der Waals surface area contributed by atoms with Crippen LogP contribution in [0, 0.1) is 6.92 Å². The van der Waals surface area contributed by atoms with Crippen LogP contribution in [0.15, 0.2) is 53.1 Å². The van der Waals surface area contributed by atoms with Gasteiger partial charge in [0.05, 0.1) is 12.7 Å². The van der Waals surface area contributed by atoms with Crippen LogP contribution in [0.1, 0.15) is 29.2 Å². The molecule has 0 bridgehead atoms. The van der Waals surface area contributed by atoms with Gasteiger partial charge < -0.3 is 9.73 Å². The Hall–Kier alpha value is -2.55. The molecule has 0 spiro atoms. The van der Waals surface area contributed by atoms with Crippen molar-refractivity contribution in [3.63, 3.8) is 0 Å². The Morgan fingerprint density at radius 3 is 2.57 bits per heavy atom. The standard InChI is InChI=1S/C20H21NO2/c1-3-15-8-9-19-18(10-15)17(13-23-19)11-20(22)21-12-16-6-4-14(2)5-7-16/h4-10,13H,3,11-12H2,1-2H3,(H,21,22). The number of aryl methyl sites for hydroxylation is 2. The van der Waals surface area contributed by atoms with E-state index in [-0.39, 0.29) is 5.91 Å². The molecule has 1 aromatic heterocycles. The van der Waals surface area contributed by atoms with E-state index in [1.165, 1.54) is 11.1 Å². The number of nitrogens with one attached hydrogen (secondary N) is 1. The predicted octanol–water partition coefficient (Wildman–Crippen LogP) is 4.16. The summed E-state index contributed by atoms with van der Waals surface area (Å²) >= 11 is 0. The van der Waals surface area contributed by atoms with Gasteiger partial charge in [-0.2, -0.15) is 0 Å². The molecule has 1 N–H and O–H groups in total. The maximum absolute atomic E-state index is 12.2. The minimum Gasteiger partial charge on any atom is -0.464 e. The van der Waals surface area contributed by atoms with Gasteiger partial charge in [0.1, 0.15) is 5.58 Å². The molecule has 0 aliphatic rings. The fraction of sp³-hybridized carbons (Fsp3) is 0.250. The fourth-order valence-corrected chi connectivity index (χ4v) is 2.63. The van der Waals surface area contributed by atoms with E-state index in [9.17, 15) is 4.79 Å². The second-order valence-electron chi connectivity index (χ2n) is 5.88. The molecule has 3 heteroatoms. The summed E-state index contributed by atoms with van der Waals surface area (Å²) in [6.07, 6.45) is 3.00. The van der Waals surface area contributed by atoms with Crippen LogP contribution in [0.3, 0.4) is 0 Å². The van der Waals surface area contributed by atoms with E-state index in [4.69, 9.17) is 4.42 Å². The summed E-state index contributed by atoms with van der Waals surface area (Å²) in [4.78, 5) is 12.2. The molecule has 3 nitrogen and oxygen atoms in total. The molecular formula is C20H21NO2. The highest BCUT2D eigenvalue weighted by atomic mass is 16.3. The summed E-state index contributed by atoms with van der Waals surface area (Å²) in [5, 5.41) is 4.01. The second kappa shape index (κ2) is 6.69. The van der Waals surface area contributed by atoms with E-state index in [1.807, 2.05) is 18.2 Å². The smallest absolute Gasteiger partial charge is 0.224 e. The van der Waals surface area contributed by atoms with Crippen molar-refractivity contribution < 1.29 is 9.21 Å². The third-order valence-corrected chi connectivity index (χ3v) is 4.09. The van der Waals surface area contributed by atoms with Crippen LogP contribution in [-0.4, -0.2) is 5.91 Å². The Labute approximate surface area is 136 Å². The number of carbonyl (C=O) groups is 1. The SMILES string of the molecule is CCc1ccc2occ(CC(=O)NCc3ccc(C)cc3)c2c1.